The number of aliphatic carboxylic acids is 1. The standard InChI is InChI=1S/C36H39N3O6.C20H25NO.C16H16N2O6/c1-24-31(34(40)44-4)33(28-16-11-17-29(22-28)39(42)43)32(25(2)37-24)35(41)45-36(3)19-21-38(23-36)20-18-30(26-12-7-5-8-13-26)27-14-9-6-10-15-27;1-20(22)13-15-21(16-20)14-12-19(17-8-4-2-5-9-17)18-10-6-3-7-11-18;1-8-12(15(19)20)14(13(9(2)17-8)16(21)24-3)10-5-4-6-11(7-10)18(22)23/h5-17,22,30,33,37H,18-21,23H2,1-4H3;2-11,19,22H,12-16H2,1H3;4-7,14,17H,1-3H3,(H,19,20)/t33-,36+;20-;14-/m011/s1. The molecule has 4 heterocycles. The number of nitro benzene ring substituents is 2. The van der Waals surface area contributed by atoms with Crippen molar-refractivity contribution in [2.45, 2.75) is 102 Å². The minimum Gasteiger partial charge on any atom is -0.478 e. The quantitative estimate of drug-likeness (QED) is 0.0254. The number of hydrogen-bond acceptors (Lipinski definition) is 16. The van der Waals surface area contributed by atoms with E-state index >= 15 is 0 Å². The number of methoxy groups -OCH3 is 2. The number of nitrogens with one attached hydrogen (secondary N) is 2. The highest BCUT2D eigenvalue weighted by Gasteiger charge is 2.44. The van der Waals surface area contributed by atoms with Crippen LogP contribution >= 0.6 is 0 Å². The maximum absolute atomic E-state index is 14.0. The molecule has 0 aromatic heterocycles. The van der Waals surface area contributed by atoms with Gasteiger partial charge in [0.1, 0.15) is 5.60 Å². The normalized spacial score (nSPS) is 20.0. The maximum atomic E-state index is 14.0. The highest BCUT2D eigenvalue weighted by atomic mass is 16.6. The Kier molecular flexibility index (Phi) is 22.4. The van der Waals surface area contributed by atoms with E-state index in [0.717, 1.165) is 52.0 Å². The van der Waals surface area contributed by atoms with E-state index in [1.165, 1.54) is 66.8 Å². The molecule has 10 rings (SSSR count). The Labute approximate surface area is 531 Å². The molecule has 0 saturated carbocycles. The number of aliphatic hydroxyl groups is 1. The first-order chi connectivity index (χ1) is 43.5. The van der Waals surface area contributed by atoms with Gasteiger partial charge < -0.3 is 40.0 Å². The minimum atomic E-state index is -1.22. The summed E-state index contributed by atoms with van der Waals surface area (Å²) in [6, 6.07) is 54.0. The molecule has 0 radical (unpaired) electrons. The summed E-state index contributed by atoms with van der Waals surface area (Å²) in [6.07, 6.45) is 3.53. The van der Waals surface area contributed by atoms with Crippen molar-refractivity contribution >= 4 is 35.3 Å². The van der Waals surface area contributed by atoms with Gasteiger partial charge in [0.15, 0.2) is 0 Å². The molecule has 4 N–H and O–H groups in total. The average Bonchev–Trinajstić information content (AvgIpc) is 1.20. The van der Waals surface area contributed by atoms with Crippen LogP contribution in [0.1, 0.15) is 124 Å². The number of non-ortho nitro benzene ring substituents is 2. The zero-order valence-electron chi connectivity index (χ0n) is 52.7. The number of dihydropyridines is 2. The predicted octanol–water partition coefficient (Wildman–Crippen LogP) is 12.0. The molecule has 4 aliphatic rings. The Morgan fingerprint density at radius 3 is 1.23 bits per heavy atom. The van der Waals surface area contributed by atoms with Gasteiger partial charge in [-0.05, 0) is 107 Å². The fraction of sp³-hybridized carbons (Fsp3) is 0.333. The molecule has 19 nitrogen and oxygen atoms in total. The topological polar surface area (TPSA) is 253 Å². The highest BCUT2D eigenvalue weighted by Crippen LogP contribution is 2.43. The third-order valence-electron chi connectivity index (χ3n) is 17.3. The lowest BCUT2D eigenvalue weighted by Crippen LogP contribution is -2.39. The molecular formula is C72H80N6O13. The van der Waals surface area contributed by atoms with Crippen LogP contribution in [0.4, 0.5) is 11.4 Å². The van der Waals surface area contributed by atoms with Crippen LogP contribution in [-0.4, -0.2) is 118 Å². The monoisotopic (exact) mass is 1240 g/mol. The molecule has 0 unspecified atom stereocenters. The first-order valence-corrected chi connectivity index (χ1v) is 30.4. The zero-order valence-corrected chi connectivity index (χ0v) is 52.7. The van der Waals surface area contributed by atoms with Gasteiger partial charge in [-0.25, -0.2) is 19.2 Å². The van der Waals surface area contributed by atoms with E-state index < -0.39 is 56.8 Å². The van der Waals surface area contributed by atoms with Crippen molar-refractivity contribution in [2.75, 3.05) is 53.5 Å². The van der Waals surface area contributed by atoms with Crippen molar-refractivity contribution in [2.24, 2.45) is 0 Å². The van der Waals surface area contributed by atoms with Crippen LogP contribution < -0.4 is 10.6 Å². The Bertz CT molecular complexity index is 3660. The number of carboxylic acids is 1. The van der Waals surface area contributed by atoms with Crippen LogP contribution in [0.25, 0.3) is 0 Å². The SMILES string of the molecule is COC(=O)C1=C(C)NC(C)=C(C(=O)O)[C@H]1c1cccc([N+](=O)[O-])c1.COC(=O)C1=C(C)NC(C)=C(C(=O)O[C@]2(C)CCN(CCC(c3ccccc3)c3ccccc3)C2)[C@H]1c1cccc([N+](=O)[O-])c1.C[C@@]1(O)CCN(CCC(c2ccccc2)c2ccccc2)C1. The van der Waals surface area contributed by atoms with Crippen LogP contribution in [0, 0.1) is 20.2 Å². The summed E-state index contributed by atoms with van der Waals surface area (Å²) in [5.41, 5.74) is 6.81. The molecule has 4 atom stereocenters. The largest absolute Gasteiger partial charge is 0.478 e. The van der Waals surface area contributed by atoms with E-state index in [1.807, 2.05) is 26.0 Å². The second-order valence-electron chi connectivity index (χ2n) is 24.0. The van der Waals surface area contributed by atoms with Crippen molar-refractivity contribution in [3.63, 3.8) is 0 Å². The van der Waals surface area contributed by atoms with Gasteiger partial charge in [0.2, 0.25) is 0 Å². The van der Waals surface area contributed by atoms with Crippen LogP contribution in [0.5, 0.6) is 0 Å². The predicted molar refractivity (Wildman–Crippen MR) is 346 cm³/mol. The van der Waals surface area contributed by atoms with E-state index in [-0.39, 0.29) is 39.6 Å². The molecule has 0 aliphatic carbocycles. The van der Waals surface area contributed by atoms with Crippen molar-refractivity contribution in [3.05, 3.63) is 269 Å². The summed E-state index contributed by atoms with van der Waals surface area (Å²) in [7, 11) is 2.46. The number of carbonyl (C=O) groups is 4. The summed E-state index contributed by atoms with van der Waals surface area (Å²) in [4.78, 5) is 77.2. The van der Waals surface area contributed by atoms with Gasteiger partial charge in [0.25, 0.3) is 11.4 Å². The van der Waals surface area contributed by atoms with Gasteiger partial charge in [0.05, 0.1) is 63.8 Å². The number of esters is 3. The summed E-state index contributed by atoms with van der Waals surface area (Å²) in [5.74, 6) is -4.30. The zero-order chi connectivity index (χ0) is 65.6. The number of benzene rings is 6. The van der Waals surface area contributed by atoms with E-state index in [9.17, 15) is 49.6 Å². The van der Waals surface area contributed by atoms with E-state index in [2.05, 4.69) is 130 Å². The van der Waals surface area contributed by atoms with Crippen LogP contribution in [-0.2, 0) is 33.4 Å². The lowest BCUT2D eigenvalue weighted by Gasteiger charge is -2.33. The van der Waals surface area contributed by atoms with Crippen LogP contribution in [0.15, 0.2) is 215 Å². The van der Waals surface area contributed by atoms with Crippen LogP contribution in [0.3, 0.4) is 0 Å². The van der Waals surface area contributed by atoms with Crippen molar-refractivity contribution in [1.82, 2.24) is 20.4 Å². The fourth-order valence-corrected chi connectivity index (χ4v) is 12.8. The van der Waals surface area contributed by atoms with Gasteiger partial charge >= 0.3 is 23.9 Å². The third-order valence-corrected chi connectivity index (χ3v) is 17.3. The lowest BCUT2D eigenvalue weighted by atomic mass is 9.80. The number of allylic oxidation sites excluding steroid dienone is 4. The van der Waals surface area contributed by atoms with Crippen molar-refractivity contribution in [1.29, 1.82) is 0 Å². The molecule has 0 bridgehead atoms. The summed E-state index contributed by atoms with van der Waals surface area (Å²) < 4.78 is 16.1. The fourth-order valence-electron chi connectivity index (χ4n) is 12.8. The maximum Gasteiger partial charge on any atom is 0.337 e. The summed E-state index contributed by atoms with van der Waals surface area (Å²) in [6.45, 7) is 15.5. The van der Waals surface area contributed by atoms with Gasteiger partial charge in [-0.1, -0.05) is 146 Å². The number of nitro groups is 2. The second kappa shape index (κ2) is 30.3. The molecule has 2 fully saturated rings. The molecule has 476 valence electrons. The van der Waals surface area contributed by atoms with Gasteiger partial charge in [0, 0.05) is 91.5 Å². The van der Waals surface area contributed by atoms with Gasteiger partial charge in [-0.3, -0.25) is 25.1 Å². The van der Waals surface area contributed by atoms with E-state index in [0.29, 0.717) is 52.8 Å². The number of nitrogens with zero attached hydrogens (tertiary/aromatic N) is 4. The molecule has 6 aromatic carbocycles. The van der Waals surface area contributed by atoms with E-state index in [1.54, 1.807) is 45.9 Å². The van der Waals surface area contributed by atoms with Gasteiger partial charge in [-0.15, -0.1) is 0 Å². The number of ether oxygens (including phenoxy) is 3. The van der Waals surface area contributed by atoms with Crippen molar-refractivity contribution in [3.8, 4) is 0 Å². The number of rotatable bonds is 19. The smallest absolute Gasteiger partial charge is 0.337 e. The third kappa shape index (κ3) is 16.8. The summed E-state index contributed by atoms with van der Waals surface area (Å²) in [5, 5.41) is 48.3. The first-order valence-electron chi connectivity index (χ1n) is 30.4. The lowest BCUT2D eigenvalue weighted by molar-refractivity contribution is -0.385. The number of β-amino-alcohol motifs (C(OH)–C–C–N with tert-alkyl or cyclic N) is 1. The highest BCUT2D eigenvalue weighted by molar-refractivity contribution is 6.00. The Morgan fingerprint density at radius 1 is 0.527 bits per heavy atom. The number of carboxylic acid groups (broad SMARTS) is 1. The molecule has 19 heteroatoms. The second-order valence-corrected chi connectivity index (χ2v) is 24.0. The molecule has 2 saturated heterocycles. The average molecular weight is 1240 g/mol. The Hall–Kier alpha value is -9.56. The molecule has 0 spiro atoms. The van der Waals surface area contributed by atoms with Gasteiger partial charge in [-0.2, -0.15) is 0 Å². The first kappa shape index (κ1) is 67.4. The van der Waals surface area contributed by atoms with Crippen molar-refractivity contribution < 1.29 is 53.4 Å². The molecular weight excluding hydrogens is 1160 g/mol. The number of carbonyl (C=O) groups excluding carboxylic acids is 3. The molecule has 4 aliphatic heterocycles. The van der Waals surface area contributed by atoms with Crippen LogP contribution in [0.2, 0.25) is 0 Å². The minimum absolute atomic E-state index is 0.0542. The molecule has 6 aromatic rings. The Morgan fingerprint density at radius 2 is 0.879 bits per heavy atom. The Balaban J connectivity index is 0.000000194. The number of hydrogen-bond donors (Lipinski definition) is 4. The van der Waals surface area contributed by atoms with E-state index in [4.69, 9.17) is 14.2 Å². The summed E-state index contributed by atoms with van der Waals surface area (Å²) >= 11 is 0. The number of likely N-dealkylation sites (tertiary alicyclic amines) is 2. The molecule has 0 amide bonds. The molecule has 91 heavy (non-hydrogen) atoms.